The summed E-state index contributed by atoms with van der Waals surface area (Å²) in [5.41, 5.74) is 0. The standard InChI is InChI=1S/C13H13ClN2OS/c14-11-9-3-1-2-4-10(9)18-12(11)13(17)16-7-5-15-6-8-16/h1-4,15H,5-8H2. The number of nitrogens with one attached hydrogen (secondary N) is 1. The van der Waals surface area contributed by atoms with Crippen LogP contribution in [0.1, 0.15) is 9.67 Å². The van der Waals surface area contributed by atoms with Crippen LogP contribution in [0.4, 0.5) is 0 Å². The highest BCUT2D eigenvalue weighted by atomic mass is 35.5. The Balaban J connectivity index is 1.98. The monoisotopic (exact) mass is 280 g/mol. The number of nitrogens with zero attached hydrogens (tertiary/aromatic N) is 1. The van der Waals surface area contributed by atoms with Crippen molar-refractivity contribution in [2.24, 2.45) is 0 Å². The molecule has 0 spiro atoms. The third-order valence-corrected chi connectivity index (χ3v) is 4.80. The second-order valence-corrected chi connectivity index (χ2v) is 5.71. The topological polar surface area (TPSA) is 32.3 Å². The van der Waals surface area contributed by atoms with Gasteiger partial charge in [0, 0.05) is 36.3 Å². The lowest BCUT2D eigenvalue weighted by Gasteiger charge is -2.27. The minimum Gasteiger partial charge on any atom is -0.335 e. The summed E-state index contributed by atoms with van der Waals surface area (Å²) in [5.74, 6) is 0.0581. The molecular formula is C13H13ClN2OS. The van der Waals surface area contributed by atoms with Crippen LogP contribution in [0.2, 0.25) is 5.02 Å². The largest absolute Gasteiger partial charge is 0.335 e. The summed E-state index contributed by atoms with van der Waals surface area (Å²) in [6.07, 6.45) is 0. The van der Waals surface area contributed by atoms with E-state index in [9.17, 15) is 4.79 Å². The molecule has 0 radical (unpaired) electrons. The van der Waals surface area contributed by atoms with Crippen molar-refractivity contribution >= 4 is 38.9 Å². The molecular weight excluding hydrogens is 268 g/mol. The minimum atomic E-state index is 0.0581. The molecule has 1 amide bonds. The number of carbonyl (C=O) groups excluding carboxylic acids is 1. The average Bonchev–Trinajstić information content (AvgIpc) is 2.77. The first-order valence-electron chi connectivity index (χ1n) is 5.94. The van der Waals surface area contributed by atoms with E-state index in [0.29, 0.717) is 9.90 Å². The van der Waals surface area contributed by atoms with Crippen LogP contribution in [-0.2, 0) is 0 Å². The van der Waals surface area contributed by atoms with Crippen LogP contribution in [0.5, 0.6) is 0 Å². The van der Waals surface area contributed by atoms with Gasteiger partial charge in [0.15, 0.2) is 0 Å². The first-order valence-corrected chi connectivity index (χ1v) is 7.14. The molecule has 1 aliphatic heterocycles. The van der Waals surface area contributed by atoms with Crippen molar-refractivity contribution < 1.29 is 4.79 Å². The van der Waals surface area contributed by atoms with Gasteiger partial charge in [-0.2, -0.15) is 0 Å². The molecule has 1 aromatic heterocycles. The highest BCUT2D eigenvalue weighted by Gasteiger charge is 2.23. The first-order chi connectivity index (χ1) is 8.77. The molecule has 1 aromatic carbocycles. The fourth-order valence-electron chi connectivity index (χ4n) is 2.16. The molecule has 1 saturated heterocycles. The smallest absolute Gasteiger partial charge is 0.265 e. The SMILES string of the molecule is O=C(c1sc2ccccc2c1Cl)N1CCNCC1. The zero-order chi connectivity index (χ0) is 12.5. The number of fused-ring (bicyclic) bond motifs is 1. The second kappa shape index (κ2) is 4.88. The van der Waals surface area contributed by atoms with Gasteiger partial charge in [-0.15, -0.1) is 11.3 Å². The average molecular weight is 281 g/mol. The first kappa shape index (κ1) is 12.0. The minimum absolute atomic E-state index is 0.0581. The third-order valence-electron chi connectivity index (χ3n) is 3.13. The quantitative estimate of drug-likeness (QED) is 0.871. The van der Waals surface area contributed by atoms with Crippen LogP contribution in [0, 0.1) is 0 Å². The number of halogens is 1. The summed E-state index contributed by atoms with van der Waals surface area (Å²) in [6.45, 7) is 3.22. The Bertz CT molecular complexity index is 590. The molecule has 1 aliphatic rings. The molecule has 2 heterocycles. The Hall–Kier alpha value is -1.10. The molecule has 18 heavy (non-hydrogen) atoms. The second-order valence-electron chi connectivity index (χ2n) is 4.28. The number of hydrogen-bond donors (Lipinski definition) is 1. The Morgan fingerprint density at radius 1 is 1.28 bits per heavy atom. The van der Waals surface area contributed by atoms with Crippen molar-refractivity contribution in [3.63, 3.8) is 0 Å². The Labute approximate surface area is 114 Å². The van der Waals surface area contributed by atoms with E-state index < -0.39 is 0 Å². The summed E-state index contributed by atoms with van der Waals surface area (Å²) >= 11 is 7.80. The molecule has 0 saturated carbocycles. The van der Waals surface area contributed by atoms with Crippen LogP contribution >= 0.6 is 22.9 Å². The van der Waals surface area contributed by atoms with Gasteiger partial charge in [-0.25, -0.2) is 0 Å². The summed E-state index contributed by atoms with van der Waals surface area (Å²) in [7, 11) is 0. The maximum atomic E-state index is 12.4. The fourth-order valence-corrected chi connectivity index (χ4v) is 3.64. The van der Waals surface area contributed by atoms with E-state index in [2.05, 4.69) is 5.32 Å². The number of carbonyl (C=O) groups is 1. The van der Waals surface area contributed by atoms with E-state index in [1.54, 1.807) is 0 Å². The van der Waals surface area contributed by atoms with Gasteiger partial charge >= 0.3 is 0 Å². The van der Waals surface area contributed by atoms with Crippen molar-refractivity contribution in [1.29, 1.82) is 0 Å². The maximum absolute atomic E-state index is 12.4. The van der Waals surface area contributed by atoms with Gasteiger partial charge < -0.3 is 10.2 Å². The van der Waals surface area contributed by atoms with E-state index in [1.807, 2.05) is 29.2 Å². The molecule has 0 bridgehead atoms. The molecule has 1 N–H and O–H groups in total. The van der Waals surface area contributed by atoms with E-state index in [0.717, 1.165) is 36.3 Å². The summed E-state index contributed by atoms with van der Waals surface area (Å²) in [5, 5.41) is 4.81. The molecule has 0 unspecified atom stereocenters. The van der Waals surface area contributed by atoms with E-state index >= 15 is 0 Å². The summed E-state index contributed by atoms with van der Waals surface area (Å²) in [6, 6.07) is 7.87. The molecule has 94 valence electrons. The van der Waals surface area contributed by atoms with Crippen molar-refractivity contribution in [3.05, 3.63) is 34.2 Å². The molecule has 3 rings (SSSR count). The lowest BCUT2D eigenvalue weighted by atomic mass is 10.2. The number of amides is 1. The fraction of sp³-hybridized carbons (Fsp3) is 0.308. The molecule has 1 fully saturated rings. The van der Waals surface area contributed by atoms with Crippen LogP contribution in [0.3, 0.4) is 0 Å². The number of piperazine rings is 1. The third kappa shape index (κ3) is 2.00. The van der Waals surface area contributed by atoms with Gasteiger partial charge in [-0.05, 0) is 6.07 Å². The Morgan fingerprint density at radius 3 is 2.72 bits per heavy atom. The predicted octanol–water partition coefficient (Wildman–Crippen LogP) is 2.60. The van der Waals surface area contributed by atoms with Crippen molar-refractivity contribution in [3.8, 4) is 0 Å². The van der Waals surface area contributed by atoms with Gasteiger partial charge in [-0.3, -0.25) is 4.79 Å². The molecule has 3 nitrogen and oxygen atoms in total. The van der Waals surface area contributed by atoms with Gasteiger partial charge in [0.05, 0.1) is 5.02 Å². The van der Waals surface area contributed by atoms with Crippen LogP contribution in [-0.4, -0.2) is 37.0 Å². The number of benzene rings is 1. The normalized spacial score (nSPS) is 16.2. The van der Waals surface area contributed by atoms with Gasteiger partial charge in [-0.1, -0.05) is 29.8 Å². The number of hydrogen-bond acceptors (Lipinski definition) is 3. The predicted molar refractivity (Wildman–Crippen MR) is 75.6 cm³/mol. The zero-order valence-corrected chi connectivity index (χ0v) is 11.4. The number of rotatable bonds is 1. The van der Waals surface area contributed by atoms with E-state index in [-0.39, 0.29) is 5.91 Å². The lowest BCUT2D eigenvalue weighted by Crippen LogP contribution is -2.46. The molecule has 2 aromatic rings. The summed E-state index contributed by atoms with van der Waals surface area (Å²) in [4.78, 5) is 14.9. The van der Waals surface area contributed by atoms with Crippen molar-refractivity contribution in [2.45, 2.75) is 0 Å². The highest BCUT2D eigenvalue weighted by Crippen LogP contribution is 2.35. The summed E-state index contributed by atoms with van der Waals surface area (Å²) < 4.78 is 1.07. The van der Waals surface area contributed by atoms with E-state index in [4.69, 9.17) is 11.6 Å². The highest BCUT2D eigenvalue weighted by molar-refractivity contribution is 7.21. The van der Waals surface area contributed by atoms with Crippen LogP contribution < -0.4 is 5.32 Å². The number of thiophene rings is 1. The lowest BCUT2D eigenvalue weighted by molar-refractivity contribution is 0.0741. The van der Waals surface area contributed by atoms with Crippen LogP contribution in [0.15, 0.2) is 24.3 Å². The molecule has 0 atom stereocenters. The van der Waals surface area contributed by atoms with Crippen LogP contribution in [0.25, 0.3) is 10.1 Å². The van der Waals surface area contributed by atoms with Gasteiger partial charge in [0.2, 0.25) is 0 Å². The van der Waals surface area contributed by atoms with Crippen molar-refractivity contribution in [2.75, 3.05) is 26.2 Å². The maximum Gasteiger partial charge on any atom is 0.265 e. The van der Waals surface area contributed by atoms with E-state index in [1.165, 1.54) is 11.3 Å². The Morgan fingerprint density at radius 2 is 2.00 bits per heavy atom. The molecule has 0 aliphatic carbocycles. The van der Waals surface area contributed by atoms with Gasteiger partial charge in [0.25, 0.3) is 5.91 Å². The van der Waals surface area contributed by atoms with Gasteiger partial charge in [0.1, 0.15) is 4.88 Å². The zero-order valence-electron chi connectivity index (χ0n) is 9.78. The van der Waals surface area contributed by atoms with Crippen molar-refractivity contribution in [1.82, 2.24) is 10.2 Å². The Kier molecular flexibility index (Phi) is 3.24. The molecule has 5 heteroatoms.